The number of methoxy groups -OCH3 is 1. The number of benzene rings is 2. The molecule has 0 aromatic heterocycles. The number of hydrogen-bond donors (Lipinski definition) is 2. The summed E-state index contributed by atoms with van der Waals surface area (Å²) in [4.78, 5) is 23.7. The first-order chi connectivity index (χ1) is 12.6. The number of anilines is 1. The lowest BCUT2D eigenvalue weighted by Crippen LogP contribution is -2.21. The first kappa shape index (κ1) is 20.9. The molecule has 2 aromatic rings. The molecule has 144 valence electrons. The Hall–Kier alpha value is -2.43. The van der Waals surface area contributed by atoms with Gasteiger partial charge in [0.05, 0.1) is 12.7 Å². The third-order valence-corrected chi connectivity index (χ3v) is 5.30. The van der Waals surface area contributed by atoms with Crippen LogP contribution in [-0.4, -0.2) is 34.0 Å². The van der Waals surface area contributed by atoms with Crippen LogP contribution >= 0.6 is 15.9 Å². The Balaban J connectivity index is 2.04. The van der Waals surface area contributed by atoms with Crippen molar-refractivity contribution < 1.29 is 27.5 Å². The van der Waals surface area contributed by atoms with Crippen molar-refractivity contribution in [2.75, 3.05) is 19.0 Å². The van der Waals surface area contributed by atoms with Gasteiger partial charge in [0, 0.05) is 10.2 Å². The van der Waals surface area contributed by atoms with Crippen LogP contribution in [0.4, 0.5) is 5.69 Å². The number of carbonyl (C=O) groups is 2. The van der Waals surface area contributed by atoms with E-state index in [0.29, 0.717) is 5.69 Å². The zero-order chi connectivity index (χ0) is 20.2. The summed E-state index contributed by atoms with van der Waals surface area (Å²) >= 11 is 3.36. The van der Waals surface area contributed by atoms with Crippen molar-refractivity contribution in [3.05, 3.63) is 52.0 Å². The minimum Gasteiger partial charge on any atom is -0.495 e. The minimum absolute atomic E-state index is 0.00241. The Morgan fingerprint density at radius 2 is 1.89 bits per heavy atom. The fraction of sp³-hybridized carbons (Fsp3) is 0.176. The van der Waals surface area contributed by atoms with Crippen LogP contribution in [0.1, 0.15) is 15.9 Å². The molecule has 10 heteroatoms. The zero-order valence-corrected chi connectivity index (χ0v) is 16.9. The van der Waals surface area contributed by atoms with E-state index in [-0.39, 0.29) is 16.2 Å². The number of carbonyl (C=O) groups excluding carboxylic acids is 2. The fourth-order valence-corrected chi connectivity index (χ4v) is 3.13. The number of amides is 1. The maximum Gasteiger partial charge on any atom is 0.338 e. The Morgan fingerprint density at radius 3 is 2.48 bits per heavy atom. The maximum absolute atomic E-state index is 12.1. The summed E-state index contributed by atoms with van der Waals surface area (Å²) in [6, 6.07) is 8.85. The SMILES string of the molecule is COc1ccc(C(=O)OCC(=O)Nc2ccc(Br)c(C)c2)cc1S(N)(=O)=O. The summed E-state index contributed by atoms with van der Waals surface area (Å²) in [5.74, 6) is -1.41. The minimum atomic E-state index is -4.10. The molecular weight excluding hydrogens is 440 g/mol. The van der Waals surface area contributed by atoms with Gasteiger partial charge in [-0.2, -0.15) is 0 Å². The molecule has 8 nitrogen and oxygen atoms in total. The summed E-state index contributed by atoms with van der Waals surface area (Å²) in [5.41, 5.74) is 1.41. The molecule has 0 saturated heterocycles. The molecule has 1 amide bonds. The number of aryl methyl sites for hydroxylation is 1. The van der Waals surface area contributed by atoms with E-state index in [1.54, 1.807) is 18.2 Å². The van der Waals surface area contributed by atoms with Gasteiger partial charge in [0.25, 0.3) is 5.91 Å². The van der Waals surface area contributed by atoms with Crippen LogP contribution < -0.4 is 15.2 Å². The molecule has 0 radical (unpaired) electrons. The quantitative estimate of drug-likeness (QED) is 0.641. The van der Waals surface area contributed by atoms with Gasteiger partial charge in [0.2, 0.25) is 10.0 Å². The van der Waals surface area contributed by atoms with Crippen LogP contribution in [0.25, 0.3) is 0 Å². The number of primary sulfonamides is 1. The van der Waals surface area contributed by atoms with Gasteiger partial charge in [0.15, 0.2) is 6.61 Å². The van der Waals surface area contributed by atoms with Gasteiger partial charge in [0.1, 0.15) is 10.6 Å². The summed E-state index contributed by atoms with van der Waals surface area (Å²) in [6.07, 6.45) is 0. The highest BCUT2D eigenvalue weighted by atomic mass is 79.9. The molecule has 27 heavy (non-hydrogen) atoms. The van der Waals surface area contributed by atoms with Crippen LogP contribution in [0.3, 0.4) is 0 Å². The average Bonchev–Trinajstić information content (AvgIpc) is 2.61. The van der Waals surface area contributed by atoms with Crippen LogP contribution in [0, 0.1) is 6.92 Å². The second-order valence-electron chi connectivity index (χ2n) is 5.50. The van der Waals surface area contributed by atoms with Gasteiger partial charge in [-0.15, -0.1) is 0 Å². The van der Waals surface area contributed by atoms with E-state index in [2.05, 4.69) is 21.2 Å². The van der Waals surface area contributed by atoms with Crippen molar-refractivity contribution in [1.29, 1.82) is 0 Å². The second kappa shape index (κ2) is 8.51. The zero-order valence-electron chi connectivity index (χ0n) is 14.5. The fourth-order valence-electron chi connectivity index (χ4n) is 2.16. The van der Waals surface area contributed by atoms with Crippen LogP contribution in [-0.2, 0) is 19.6 Å². The Labute approximate surface area is 164 Å². The monoisotopic (exact) mass is 456 g/mol. The van der Waals surface area contributed by atoms with Gasteiger partial charge < -0.3 is 14.8 Å². The molecule has 2 aromatic carbocycles. The predicted molar refractivity (Wildman–Crippen MR) is 102 cm³/mol. The lowest BCUT2D eigenvalue weighted by molar-refractivity contribution is -0.119. The van der Waals surface area contributed by atoms with E-state index in [0.717, 1.165) is 16.1 Å². The highest BCUT2D eigenvalue weighted by Gasteiger charge is 2.19. The number of sulfonamides is 1. The second-order valence-corrected chi connectivity index (χ2v) is 7.88. The van der Waals surface area contributed by atoms with Crippen LogP contribution in [0.2, 0.25) is 0 Å². The molecule has 0 heterocycles. The Morgan fingerprint density at radius 1 is 1.19 bits per heavy atom. The van der Waals surface area contributed by atoms with Gasteiger partial charge >= 0.3 is 5.97 Å². The Bertz CT molecular complexity index is 991. The first-order valence-electron chi connectivity index (χ1n) is 7.56. The first-order valence-corrected chi connectivity index (χ1v) is 9.89. The predicted octanol–water partition coefficient (Wildman–Crippen LogP) is 2.21. The van der Waals surface area contributed by atoms with Gasteiger partial charge in [-0.25, -0.2) is 18.4 Å². The smallest absolute Gasteiger partial charge is 0.338 e. The Kier molecular flexibility index (Phi) is 6.58. The lowest BCUT2D eigenvalue weighted by Gasteiger charge is -2.10. The number of halogens is 1. The summed E-state index contributed by atoms with van der Waals surface area (Å²) in [7, 11) is -2.82. The number of nitrogens with one attached hydrogen (secondary N) is 1. The molecule has 0 aliphatic rings. The van der Waals surface area contributed by atoms with E-state index in [1.165, 1.54) is 19.2 Å². The standard InChI is InChI=1S/C17H17BrN2O6S/c1-10-7-12(4-5-13(10)18)20-16(21)9-26-17(22)11-3-6-14(25-2)15(8-11)27(19,23)24/h3-8H,9H2,1-2H3,(H,20,21)(H2,19,23,24). The van der Waals surface area contributed by atoms with Crippen LogP contribution in [0.15, 0.2) is 45.8 Å². The van der Waals surface area contributed by atoms with Crippen molar-refractivity contribution >= 4 is 43.5 Å². The molecule has 3 N–H and O–H groups in total. The topological polar surface area (TPSA) is 125 Å². The molecular formula is C17H17BrN2O6S. The van der Waals surface area contributed by atoms with Gasteiger partial charge in [-0.3, -0.25) is 4.79 Å². The lowest BCUT2D eigenvalue weighted by atomic mass is 10.2. The van der Waals surface area contributed by atoms with E-state index in [9.17, 15) is 18.0 Å². The molecule has 0 atom stereocenters. The summed E-state index contributed by atoms with van der Waals surface area (Å²) in [5, 5.41) is 7.70. The highest BCUT2D eigenvalue weighted by Crippen LogP contribution is 2.24. The molecule has 0 aliphatic heterocycles. The third-order valence-electron chi connectivity index (χ3n) is 3.48. The molecule has 2 rings (SSSR count). The van der Waals surface area contributed by atoms with Crippen molar-refractivity contribution in [2.24, 2.45) is 5.14 Å². The summed E-state index contributed by atoms with van der Waals surface area (Å²) < 4.78 is 33.9. The summed E-state index contributed by atoms with van der Waals surface area (Å²) in [6.45, 7) is 1.33. The van der Waals surface area contributed by atoms with Crippen molar-refractivity contribution in [3.8, 4) is 5.75 Å². The number of rotatable bonds is 6. The molecule has 0 spiro atoms. The number of hydrogen-bond acceptors (Lipinski definition) is 6. The van der Waals surface area contributed by atoms with Gasteiger partial charge in [-0.05, 0) is 48.9 Å². The molecule has 0 unspecified atom stereocenters. The average molecular weight is 457 g/mol. The highest BCUT2D eigenvalue weighted by molar-refractivity contribution is 9.10. The molecule has 0 fully saturated rings. The number of nitrogens with two attached hydrogens (primary N) is 1. The van der Waals surface area contributed by atoms with Gasteiger partial charge in [-0.1, -0.05) is 15.9 Å². The number of ether oxygens (including phenoxy) is 2. The van der Waals surface area contributed by atoms with Crippen molar-refractivity contribution in [3.63, 3.8) is 0 Å². The maximum atomic E-state index is 12.1. The van der Waals surface area contributed by atoms with Crippen molar-refractivity contribution in [2.45, 2.75) is 11.8 Å². The van der Waals surface area contributed by atoms with E-state index < -0.39 is 28.5 Å². The third kappa shape index (κ3) is 5.52. The van der Waals surface area contributed by atoms with Crippen LogP contribution in [0.5, 0.6) is 5.75 Å². The molecule has 0 saturated carbocycles. The van der Waals surface area contributed by atoms with E-state index >= 15 is 0 Å². The van der Waals surface area contributed by atoms with Crippen molar-refractivity contribution in [1.82, 2.24) is 0 Å². The van der Waals surface area contributed by atoms with E-state index in [1.807, 2.05) is 6.92 Å². The van der Waals surface area contributed by atoms with E-state index in [4.69, 9.17) is 14.6 Å². The largest absolute Gasteiger partial charge is 0.495 e. The number of esters is 1. The molecule has 0 bridgehead atoms. The molecule has 0 aliphatic carbocycles. The normalized spacial score (nSPS) is 11.0.